The van der Waals surface area contributed by atoms with Crippen molar-refractivity contribution in [3.63, 3.8) is 0 Å². The third kappa shape index (κ3) is 3.19. The number of furan rings is 1. The fourth-order valence-corrected chi connectivity index (χ4v) is 2.54. The number of nitrogens with one attached hydrogen (secondary N) is 1. The molecule has 0 bridgehead atoms. The van der Waals surface area contributed by atoms with Gasteiger partial charge in [-0.3, -0.25) is 4.79 Å². The first-order valence-corrected chi connectivity index (χ1v) is 7.35. The normalized spacial score (nSPS) is 12.2. The molecule has 1 unspecified atom stereocenters. The molecule has 1 radical (unpaired) electrons. The van der Waals surface area contributed by atoms with Gasteiger partial charge in [-0.1, -0.05) is 36.4 Å². The van der Waals surface area contributed by atoms with Crippen LogP contribution < -0.4 is 5.32 Å². The van der Waals surface area contributed by atoms with Gasteiger partial charge >= 0.3 is 0 Å². The van der Waals surface area contributed by atoms with Crippen molar-refractivity contribution >= 4 is 16.9 Å². The summed E-state index contributed by atoms with van der Waals surface area (Å²) in [6, 6.07) is 17.5. The number of benzene rings is 2. The summed E-state index contributed by atoms with van der Waals surface area (Å²) in [5.41, 5.74) is 2.59. The molecule has 3 rings (SSSR count). The number of hydrogen-bond acceptors (Lipinski definition) is 2. The highest BCUT2D eigenvalue weighted by molar-refractivity contribution is 6.05. The molecule has 1 amide bonds. The Balaban J connectivity index is 1.61. The van der Waals surface area contributed by atoms with Gasteiger partial charge in [-0.05, 0) is 43.0 Å². The highest BCUT2D eigenvalue weighted by atomic mass is 16.3. The maximum atomic E-state index is 12.3. The number of amides is 1. The van der Waals surface area contributed by atoms with E-state index in [1.807, 2.05) is 42.5 Å². The molecule has 1 atom stereocenters. The van der Waals surface area contributed by atoms with Crippen LogP contribution in [0.15, 0.2) is 65.3 Å². The number of carbonyl (C=O) groups excluding carboxylic acids is 1. The van der Waals surface area contributed by atoms with Gasteiger partial charge in [0.2, 0.25) is 0 Å². The minimum absolute atomic E-state index is 0.0892. The summed E-state index contributed by atoms with van der Waals surface area (Å²) in [4.78, 5) is 12.3. The first-order valence-electron chi connectivity index (χ1n) is 7.35. The molecule has 22 heavy (non-hydrogen) atoms. The van der Waals surface area contributed by atoms with Crippen LogP contribution in [0.4, 0.5) is 0 Å². The summed E-state index contributed by atoms with van der Waals surface area (Å²) in [6.07, 6.45) is 2.44. The topological polar surface area (TPSA) is 42.2 Å². The molecule has 1 N–H and O–H groups in total. The van der Waals surface area contributed by atoms with E-state index in [-0.39, 0.29) is 11.8 Å². The Kier molecular flexibility index (Phi) is 4.24. The van der Waals surface area contributed by atoms with Crippen LogP contribution in [0.25, 0.3) is 11.0 Å². The Hall–Kier alpha value is -2.55. The Labute approximate surface area is 130 Å². The number of carbonyl (C=O) groups is 1. The van der Waals surface area contributed by atoms with Gasteiger partial charge in [0.25, 0.3) is 5.91 Å². The molecule has 0 saturated heterocycles. The SMILES string of the molecule is [CH2]C(CNC(=O)c1cccc2occc12)Cc1ccccc1. The van der Waals surface area contributed by atoms with Gasteiger partial charge in [-0.15, -0.1) is 0 Å². The van der Waals surface area contributed by atoms with Crippen LogP contribution in [0, 0.1) is 12.8 Å². The Morgan fingerprint density at radius 1 is 1.09 bits per heavy atom. The number of fused-ring (bicyclic) bond motifs is 1. The standard InChI is InChI=1S/C19H18NO2/c1-14(12-15-6-3-2-4-7-15)13-20-19(21)17-8-5-9-18-16(17)10-11-22-18/h2-11,14H,1,12-13H2,(H,20,21). The summed E-state index contributed by atoms with van der Waals surface area (Å²) >= 11 is 0. The van der Waals surface area contributed by atoms with E-state index in [1.165, 1.54) is 5.56 Å². The molecule has 0 aliphatic carbocycles. The molecule has 111 valence electrons. The predicted octanol–water partition coefficient (Wildman–Crippen LogP) is 3.86. The highest BCUT2D eigenvalue weighted by Crippen LogP contribution is 2.19. The molecule has 1 heterocycles. The lowest BCUT2D eigenvalue weighted by Crippen LogP contribution is -2.29. The van der Waals surface area contributed by atoms with E-state index in [0.717, 1.165) is 17.4 Å². The molecule has 0 saturated carbocycles. The van der Waals surface area contributed by atoms with Gasteiger partial charge in [0.15, 0.2) is 0 Å². The summed E-state index contributed by atoms with van der Waals surface area (Å²) < 4.78 is 5.32. The minimum Gasteiger partial charge on any atom is -0.464 e. The smallest absolute Gasteiger partial charge is 0.252 e. The molecular formula is C19H18NO2. The van der Waals surface area contributed by atoms with Crippen LogP contribution in [-0.4, -0.2) is 12.5 Å². The molecule has 0 aliphatic heterocycles. The van der Waals surface area contributed by atoms with Crippen molar-refractivity contribution in [1.29, 1.82) is 0 Å². The fourth-order valence-electron chi connectivity index (χ4n) is 2.54. The van der Waals surface area contributed by atoms with Gasteiger partial charge < -0.3 is 9.73 Å². The zero-order chi connectivity index (χ0) is 15.4. The van der Waals surface area contributed by atoms with E-state index >= 15 is 0 Å². The number of rotatable bonds is 5. The second kappa shape index (κ2) is 6.48. The van der Waals surface area contributed by atoms with Gasteiger partial charge in [-0.25, -0.2) is 0 Å². The Morgan fingerprint density at radius 2 is 1.91 bits per heavy atom. The van der Waals surface area contributed by atoms with E-state index in [4.69, 9.17) is 4.42 Å². The average Bonchev–Trinajstić information content (AvgIpc) is 3.02. The quantitative estimate of drug-likeness (QED) is 0.776. The molecule has 3 aromatic rings. The highest BCUT2D eigenvalue weighted by Gasteiger charge is 2.12. The number of hydrogen-bond donors (Lipinski definition) is 1. The van der Waals surface area contributed by atoms with Gasteiger partial charge in [-0.2, -0.15) is 0 Å². The van der Waals surface area contributed by atoms with E-state index in [9.17, 15) is 4.79 Å². The van der Waals surface area contributed by atoms with Gasteiger partial charge in [0.1, 0.15) is 5.58 Å². The van der Waals surface area contributed by atoms with Gasteiger partial charge in [0, 0.05) is 11.9 Å². The molecule has 0 spiro atoms. The van der Waals surface area contributed by atoms with E-state index in [1.54, 1.807) is 6.26 Å². The van der Waals surface area contributed by atoms with Crippen LogP contribution in [0.5, 0.6) is 0 Å². The van der Waals surface area contributed by atoms with Crippen molar-refractivity contribution in [3.05, 3.63) is 78.9 Å². The third-order valence-corrected chi connectivity index (χ3v) is 3.66. The lowest BCUT2D eigenvalue weighted by atomic mass is 10.0. The van der Waals surface area contributed by atoms with Gasteiger partial charge in [0.05, 0.1) is 11.8 Å². The van der Waals surface area contributed by atoms with Crippen LogP contribution in [0.2, 0.25) is 0 Å². The van der Waals surface area contributed by atoms with Crippen molar-refractivity contribution in [2.45, 2.75) is 6.42 Å². The maximum absolute atomic E-state index is 12.3. The average molecular weight is 292 g/mol. The summed E-state index contributed by atoms with van der Waals surface area (Å²) in [6.45, 7) is 4.66. The maximum Gasteiger partial charge on any atom is 0.252 e. The zero-order valence-corrected chi connectivity index (χ0v) is 12.3. The van der Waals surface area contributed by atoms with Crippen molar-refractivity contribution in [3.8, 4) is 0 Å². The molecule has 0 aliphatic rings. The third-order valence-electron chi connectivity index (χ3n) is 3.66. The largest absolute Gasteiger partial charge is 0.464 e. The van der Waals surface area contributed by atoms with Crippen molar-refractivity contribution in [2.75, 3.05) is 6.54 Å². The first kappa shape index (κ1) is 14.4. The fraction of sp³-hybridized carbons (Fsp3) is 0.158. The van der Waals surface area contributed by atoms with Crippen LogP contribution in [-0.2, 0) is 6.42 Å². The minimum atomic E-state index is -0.0892. The van der Waals surface area contributed by atoms with E-state index in [2.05, 4.69) is 24.4 Å². The van der Waals surface area contributed by atoms with E-state index < -0.39 is 0 Å². The Bertz CT molecular complexity index is 761. The molecule has 3 heteroatoms. The Morgan fingerprint density at radius 3 is 2.73 bits per heavy atom. The summed E-state index contributed by atoms with van der Waals surface area (Å²) in [5.74, 6) is 0.0450. The molecular weight excluding hydrogens is 274 g/mol. The second-order valence-corrected chi connectivity index (χ2v) is 5.40. The van der Waals surface area contributed by atoms with E-state index in [0.29, 0.717) is 12.1 Å². The lowest BCUT2D eigenvalue weighted by molar-refractivity contribution is 0.0951. The summed E-state index contributed by atoms with van der Waals surface area (Å²) in [5, 5.41) is 3.79. The monoisotopic (exact) mass is 292 g/mol. The molecule has 3 nitrogen and oxygen atoms in total. The predicted molar refractivity (Wildman–Crippen MR) is 87.5 cm³/mol. The second-order valence-electron chi connectivity index (χ2n) is 5.40. The molecule has 2 aromatic carbocycles. The van der Waals surface area contributed by atoms with Crippen molar-refractivity contribution < 1.29 is 9.21 Å². The van der Waals surface area contributed by atoms with Crippen LogP contribution in [0.3, 0.4) is 0 Å². The molecule has 0 fully saturated rings. The van der Waals surface area contributed by atoms with Crippen LogP contribution in [0.1, 0.15) is 15.9 Å². The molecule has 1 aromatic heterocycles. The van der Waals surface area contributed by atoms with Crippen LogP contribution >= 0.6 is 0 Å². The van der Waals surface area contributed by atoms with Crippen molar-refractivity contribution in [1.82, 2.24) is 5.32 Å². The van der Waals surface area contributed by atoms with Crippen molar-refractivity contribution in [2.24, 2.45) is 5.92 Å². The first-order chi connectivity index (χ1) is 10.7. The lowest BCUT2D eigenvalue weighted by Gasteiger charge is -2.13. The summed E-state index contributed by atoms with van der Waals surface area (Å²) in [7, 11) is 0. The zero-order valence-electron chi connectivity index (χ0n) is 12.3.